The van der Waals surface area contributed by atoms with Gasteiger partial charge in [0.25, 0.3) is 0 Å². The van der Waals surface area contributed by atoms with Crippen molar-refractivity contribution in [1.29, 1.82) is 0 Å². The van der Waals surface area contributed by atoms with E-state index in [1.807, 2.05) is 0 Å². The topological polar surface area (TPSA) is 27.7 Å². The third-order valence-corrected chi connectivity index (χ3v) is 4.24. The molecule has 0 N–H and O–H groups in total. The van der Waals surface area contributed by atoms with Crippen LogP contribution in [0.2, 0.25) is 0 Å². The van der Waals surface area contributed by atoms with E-state index in [4.69, 9.17) is 0 Å². The van der Waals surface area contributed by atoms with Crippen LogP contribution in [0.1, 0.15) is 32.1 Å². The number of halogens is 16. The molecule has 0 aromatic heterocycles. The Kier molecular flexibility index (Phi) is 11.3. The van der Waals surface area contributed by atoms with Gasteiger partial charge in [0.15, 0.2) is 0 Å². The fraction of sp³-hybridized carbons (Fsp3) is 1.00. The zero-order valence-corrected chi connectivity index (χ0v) is 18.0. The van der Waals surface area contributed by atoms with Gasteiger partial charge in [-0.1, -0.05) is 35.2 Å². The summed E-state index contributed by atoms with van der Waals surface area (Å²) in [5.74, 6) is -15.6. The predicted molar refractivity (Wildman–Crippen MR) is 85.6 cm³/mol. The molecule has 3 nitrogen and oxygen atoms in total. The van der Waals surface area contributed by atoms with Crippen molar-refractivity contribution in [3.63, 3.8) is 0 Å². The molecule has 0 aromatic rings. The summed E-state index contributed by atoms with van der Waals surface area (Å²) in [7, 11) is 0. The van der Waals surface area contributed by atoms with Crippen molar-refractivity contribution in [1.82, 2.24) is 0 Å². The third-order valence-electron chi connectivity index (χ3n) is 3.68. The Labute approximate surface area is 190 Å². The summed E-state index contributed by atoms with van der Waals surface area (Å²) in [5.41, 5.74) is 0. The molecule has 0 fully saturated rings. The highest BCUT2D eigenvalue weighted by atomic mass is 79.9. The molecule has 0 saturated heterocycles. The number of rotatable bonds is 16. The molecule has 0 aliphatic heterocycles. The van der Waals surface area contributed by atoms with Gasteiger partial charge < -0.3 is 4.74 Å². The van der Waals surface area contributed by atoms with Crippen molar-refractivity contribution in [3.05, 3.63) is 0 Å². The first-order chi connectivity index (χ1) is 15.0. The molecule has 0 rings (SSSR count). The summed E-state index contributed by atoms with van der Waals surface area (Å²) < 4.78 is 201. The van der Waals surface area contributed by atoms with Gasteiger partial charge in [-0.25, -0.2) is 9.47 Å². The van der Waals surface area contributed by atoms with E-state index in [1.165, 1.54) is 4.74 Å². The molecule has 0 bridgehead atoms. The monoisotopic (exact) mass is 608 g/mol. The van der Waals surface area contributed by atoms with E-state index in [2.05, 4.69) is 25.4 Å². The highest BCUT2D eigenvalue weighted by Gasteiger charge is 2.85. The highest BCUT2D eigenvalue weighted by Crippen LogP contribution is 2.55. The van der Waals surface area contributed by atoms with Crippen LogP contribution in [0, 0.1) is 0 Å². The fourth-order valence-corrected chi connectivity index (χ4v) is 2.34. The van der Waals surface area contributed by atoms with Crippen LogP contribution in [0.25, 0.3) is 0 Å². The van der Waals surface area contributed by atoms with Crippen LogP contribution in [-0.4, -0.2) is 61.0 Å². The molecular weight excluding hydrogens is 593 g/mol. The zero-order valence-electron chi connectivity index (χ0n) is 16.4. The summed E-state index contributed by atoms with van der Waals surface area (Å²) in [6, 6.07) is 0. The minimum atomic E-state index is -7.88. The average Bonchev–Trinajstić information content (AvgIpc) is 2.60. The number of ether oxygens (including phenoxy) is 3. The van der Waals surface area contributed by atoms with E-state index < -0.39 is 55.7 Å². The molecule has 0 atom stereocenters. The van der Waals surface area contributed by atoms with Crippen LogP contribution in [0.4, 0.5) is 65.9 Å². The molecule has 19 heteroatoms. The Morgan fingerprint density at radius 2 is 0.941 bits per heavy atom. The van der Waals surface area contributed by atoms with Crippen LogP contribution in [0.15, 0.2) is 0 Å². The quantitative estimate of drug-likeness (QED) is 0.103. The first-order valence-electron chi connectivity index (χ1n) is 8.85. The normalized spacial score (nSPS) is 15.2. The minimum Gasteiger partial charge on any atom is -0.372 e. The van der Waals surface area contributed by atoms with Gasteiger partial charge in [-0.05, 0) is 12.8 Å². The number of hydrogen-bond donors (Lipinski definition) is 0. The summed E-state index contributed by atoms with van der Waals surface area (Å²) in [6.07, 6.45) is -32.0. The van der Waals surface area contributed by atoms with Gasteiger partial charge in [-0.2, -0.15) is 65.9 Å². The lowest BCUT2D eigenvalue weighted by Gasteiger charge is -2.36. The average molecular weight is 609 g/mol. The first kappa shape index (κ1) is 33.3. The summed E-state index contributed by atoms with van der Waals surface area (Å²) in [6.45, 7) is -2.69. The van der Waals surface area contributed by atoms with Crippen LogP contribution >= 0.6 is 15.9 Å². The summed E-state index contributed by atoms with van der Waals surface area (Å²) in [5, 5.41) is 0.698. The highest BCUT2D eigenvalue weighted by molar-refractivity contribution is 9.09. The molecule has 0 unspecified atom stereocenters. The molecule has 206 valence electrons. The van der Waals surface area contributed by atoms with E-state index in [0.29, 0.717) is 18.2 Å². The first-order valence-corrected chi connectivity index (χ1v) is 9.97. The second-order valence-corrected chi connectivity index (χ2v) is 7.34. The SMILES string of the molecule is FC(F)(COCCCCCCCBr)OC(F)(F)C(F)(F)OC(F)(F)C(F)(F)C(F)(F)C(F)(F)F. The maximum Gasteiger partial charge on any atom is 0.460 e. The molecule has 34 heavy (non-hydrogen) atoms. The van der Waals surface area contributed by atoms with Gasteiger partial charge in [0.1, 0.15) is 6.61 Å². The lowest BCUT2D eigenvalue weighted by molar-refractivity contribution is -0.543. The van der Waals surface area contributed by atoms with Gasteiger partial charge in [0, 0.05) is 11.9 Å². The molecule has 0 amide bonds. The molecule has 0 aliphatic carbocycles. The number of hydrogen-bond acceptors (Lipinski definition) is 3. The maximum atomic E-state index is 13.3. The zero-order chi connectivity index (χ0) is 27.3. The molecule has 0 heterocycles. The van der Waals surface area contributed by atoms with Crippen molar-refractivity contribution in [2.24, 2.45) is 0 Å². The van der Waals surface area contributed by atoms with E-state index in [0.717, 1.165) is 12.8 Å². The minimum absolute atomic E-state index is 0.1000. The van der Waals surface area contributed by atoms with E-state index in [1.54, 1.807) is 0 Å². The van der Waals surface area contributed by atoms with Gasteiger partial charge in [-0.15, -0.1) is 0 Å². The molecular formula is C15H16BrF15O3. The Morgan fingerprint density at radius 1 is 0.500 bits per heavy atom. The lowest BCUT2D eigenvalue weighted by Crippen LogP contribution is -2.64. The summed E-state index contributed by atoms with van der Waals surface area (Å²) >= 11 is 3.14. The second-order valence-electron chi connectivity index (χ2n) is 6.55. The Hall–Kier alpha value is -0.690. The van der Waals surface area contributed by atoms with Crippen LogP contribution in [0.3, 0.4) is 0 Å². The Balaban J connectivity index is 5.20. The molecule has 0 spiro atoms. The molecule has 0 saturated carbocycles. The smallest absolute Gasteiger partial charge is 0.372 e. The van der Waals surface area contributed by atoms with E-state index >= 15 is 0 Å². The maximum absolute atomic E-state index is 13.3. The van der Waals surface area contributed by atoms with E-state index in [9.17, 15) is 65.9 Å². The van der Waals surface area contributed by atoms with E-state index in [-0.39, 0.29) is 6.42 Å². The van der Waals surface area contributed by atoms with Crippen molar-refractivity contribution in [2.45, 2.75) is 74.6 Å². The van der Waals surface area contributed by atoms with Crippen LogP contribution in [-0.2, 0) is 14.2 Å². The lowest BCUT2D eigenvalue weighted by atomic mass is 10.1. The van der Waals surface area contributed by atoms with Crippen LogP contribution in [0.5, 0.6) is 0 Å². The molecule has 0 aromatic carbocycles. The Morgan fingerprint density at radius 3 is 1.41 bits per heavy atom. The third kappa shape index (κ3) is 8.46. The van der Waals surface area contributed by atoms with Crippen molar-refractivity contribution in [3.8, 4) is 0 Å². The Bertz CT molecular complexity index is 625. The predicted octanol–water partition coefficient (Wildman–Crippen LogP) is 7.59. The standard InChI is InChI=1S/C15H16BrF15O3/c16-6-4-2-1-3-5-7-32-8-9(17,18)33-14(28,29)15(30,31)34-13(26,27)11(21,22)10(19,20)12(23,24)25/h1-8H2. The molecule has 0 aliphatic rings. The van der Waals surface area contributed by atoms with Gasteiger partial charge in [0.2, 0.25) is 0 Å². The van der Waals surface area contributed by atoms with Crippen molar-refractivity contribution < 1.29 is 80.1 Å². The van der Waals surface area contributed by atoms with Crippen LogP contribution < -0.4 is 0 Å². The second kappa shape index (κ2) is 11.6. The molecule has 0 radical (unpaired) electrons. The van der Waals surface area contributed by atoms with Crippen molar-refractivity contribution >= 4 is 15.9 Å². The largest absolute Gasteiger partial charge is 0.460 e. The number of alkyl halides is 16. The summed E-state index contributed by atoms with van der Waals surface area (Å²) in [4.78, 5) is 0. The fourth-order valence-electron chi connectivity index (χ4n) is 1.94. The van der Waals surface area contributed by atoms with Gasteiger partial charge >= 0.3 is 42.5 Å². The number of unbranched alkanes of at least 4 members (excludes halogenated alkanes) is 4. The van der Waals surface area contributed by atoms with Gasteiger partial charge in [0.05, 0.1) is 0 Å². The van der Waals surface area contributed by atoms with Gasteiger partial charge in [-0.3, -0.25) is 0 Å². The van der Waals surface area contributed by atoms with Crippen molar-refractivity contribution in [2.75, 3.05) is 18.5 Å².